The van der Waals surface area contributed by atoms with Crippen molar-refractivity contribution in [1.82, 2.24) is 0 Å². The van der Waals surface area contributed by atoms with Gasteiger partial charge in [0.15, 0.2) is 0 Å². The molecule has 0 heterocycles. The summed E-state index contributed by atoms with van der Waals surface area (Å²) in [6.45, 7) is 3.53. The number of rotatable bonds is 5. The van der Waals surface area contributed by atoms with E-state index in [1.165, 1.54) is 25.3 Å². The van der Waals surface area contributed by atoms with E-state index in [9.17, 15) is 13.2 Å². The van der Waals surface area contributed by atoms with E-state index < -0.39 is 21.1 Å². The Labute approximate surface area is 116 Å². The zero-order chi connectivity index (χ0) is 14.6. The van der Waals surface area contributed by atoms with Crippen molar-refractivity contribution in [3.8, 4) is 0 Å². The number of halogens is 1. The summed E-state index contributed by atoms with van der Waals surface area (Å²) in [7, 11) is 2.90. The number of carbonyl (C=O) groups excluding carboxylic acids is 1. The number of carbonyl (C=O) groups is 1. The molecule has 0 aliphatic heterocycles. The highest BCUT2D eigenvalue weighted by Crippen LogP contribution is 2.21. The third-order valence-electron chi connectivity index (χ3n) is 2.40. The maximum Gasteiger partial charge on any atom is 0.338 e. The Kier molecular flexibility index (Phi) is 5.34. The van der Waals surface area contributed by atoms with Crippen LogP contribution in [0.5, 0.6) is 0 Å². The van der Waals surface area contributed by atoms with Gasteiger partial charge in [0.1, 0.15) is 6.10 Å². The molecule has 0 bridgehead atoms. The van der Waals surface area contributed by atoms with Crippen LogP contribution in [-0.4, -0.2) is 34.2 Å². The van der Waals surface area contributed by atoms with Crippen molar-refractivity contribution in [3.05, 3.63) is 29.3 Å². The highest BCUT2D eigenvalue weighted by Gasteiger charge is 2.18. The van der Waals surface area contributed by atoms with Crippen molar-refractivity contribution in [2.45, 2.75) is 24.8 Å². The van der Waals surface area contributed by atoms with Crippen molar-refractivity contribution < 1.29 is 22.7 Å². The lowest BCUT2D eigenvalue weighted by atomic mass is 10.1. The Morgan fingerprint density at radius 1 is 1.42 bits per heavy atom. The van der Waals surface area contributed by atoms with Gasteiger partial charge in [0.25, 0.3) is 9.05 Å². The lowest BCUT2D eigenvalue weighted by Crippen LogP contribution is -2.19. The van der Waals surface area contributed by atoms with Crippen LogP contribution in [0, 0.1) is 6.92 Å². The summed E-state index contributed by atoms with van der Waals surface area (Å²) in [4.78, 5) is 11.7. The molecule has 1 unspecified atom stereocenters. The summed E-state index contributed by atoms with van der Waals surface area (Å²) in [5.41, 5.74) is 0.601. The predicted octanol–water partition coefficient (Wildman–Crippen LogP) is 2.11. The summed E-state index contributed by atoms with van der Waals surface area (Å²) >= 11 is 0. The summed E-state index contributed by atoms with van der Waals surface area (Å²) in [5.74, 6) is -0.619. The highest BCUT2D eigenvalue weighted by atomic mass is 35.7. The van der Waals surface area contributed by atoms with Crippen LogP contribution in [-0.2, 0) is 18.5 Å². The maximum absolute atomic E-state index is 11.8. The number of methoxy groups -OCH3 is 1. The standard InChI is InChI=1S/C12H15ClO5S/c1-8-4-5-10(6-11(8)19(13,15)16)12(14)18-9(2)7-17-3/h4-6,9H,7H2,1-3H3. The van der Waals surface area contributed by atoms with Crippen LogP contribution < -0.4 is 0 Å². The van der Waals surface area contributed by atoms with Gasteiger partial charge in [-0.3, -0.25) is 0 Å². The van der Waals surface area contributed by atoms with E-state index in [4.69, 9.17) is 20.2 Å². The Balaban J connectivity index is 3.00. The zero-order valence-electron chi connectivity index (χ0n) is 10.8. The van der Waals surface area contributed by atoms with Crippen molar-refractivity contribution >= 4 is 25.7 Å². The monoisotopic (exact) mass is 306 g/mol. The van der Waals surface area contributed by atoms with E-state index in [0.29, 0.717) is 5.56 Å². The van der Waals surface area contributed by atoms with Gasteiger partial charge in [-0.25, -0.2) is 13.2 Å². The molecule has 0 saturated carbocycles. The summed E-state index contributed by atoms with van der Waals surface area (Å²) in [5, 5.41) is 0. The van der Waals surface area contributed by atoms with E-state index in [1.807, 2.05) is 0 Å². The van der Waals surface area contributed by atoms with Gasteiger partial charge in [0.2, 0.25) is 0 Å². The van der Waals surface area contributed by atoms with Crippen molar-refractivity contribution in [3.63, 3.8) is 0 Å². The van der Waals surface area contributed by atoms with E-state index in [0.717, 1.165) is 0 Å². The fourth-order valence-electron chi connectivity index (χ4n) is 1.51. The second-order valence-corrected chi connectivity index (χ2v) is 6.62. The molecule has 1 aromatic carbocycles. The second kappa shape index (κ2) is 6.36. The van der Waals surface area contributed by atoms with Gasteiger partial charge in [0.05, 0.1) is 17.1 Å². The topological polar surface area (TPSA) is 69.7 Å². The van der Waals surface area contributed by atoms with E-state index in [-0.39, 0.29) is 17.1 Å². The molecule has 0 radical (unpaired) electrons. The predicted molar refractivity (Wildman–Crippen MR) is 71.0 cm³/mol. The van der Waals surface area contributed by atoms with Gasteiger partial charge < -0.3 is 9.47 Å². The number of hydrogen-bond acceptors (Lipinski definition) is 5. The average molecular weight is 307 g/mol. The first-order valence-corrected chi connectivity index (χ1v) is 7.82. The first kappa shape index (κ1) is 15.9. The number of aryl methyl sites for hydroxylation is 1. The largest absolute Gasteiger partial charge is 0.457 e. The second-order valence-electron chi connectivity index (χ2n) is 4.09. The lowest BCUT2D eigenvalue weighted by Gasteiger charge is -2.12. The molecule has 106 valence electrons. The van der Waals surface area contributed by atoms with Crippen LogP contribution >= 0.6 is 10.7 Å². The van der Waals surface area contributed by atoms with Crippen molar-refractivity contribution in [1.29, 1.82) is 0 Å². The van der Waals surface area contributed by atoms with Gasteiger partial charge >= 0.3 is 5.97 Å². The molecule has 0 aliphatic rings. The van der Waals surface area contributed by atoms with Crippen LogP contribution in [0.3, 0.4) is 0 Å². The van der Waals surface area contributed by atoms with Crippen LogP contribution in [0.15, 0.2) is 23.1 Å². The van der Waals surface area contributed by atoms with Crippen LogP contribution in [0.2, 0.25) is 0 Å². The van der Waals surface area contributed by atoms with Gasteiger partial charge in [-0.2, -0.15) is 0 Å². The van der Waals surface area contributed by atoms with E-state index in [1.54, 1.807) is 13.8 Å². The van der Waals surface area contributed by atoms with Crippen molar-refractivity contribution in [2.24, 2.45) is 0 Å². The van der Waals surface area contributed by atoms with Gasteiger partial charge in [-0.15, -0.1) is 0 Å². The number of esters is 1. The zero-order valence-corrected chi connectivity index (χ0v) is 12.4. The lowest BCUT2D eigenvalue weighted by molar-refractivity contribution is 0.0120. The number of benzene rings is 1. The minimum atomic E-state index is -3.89. The maximum atomic E-state index is 11.8. The Bertz CT molecular complexity index is 567. The summed E-state index contributed by atoms with van der Waals surface area (Å²) < 4.78 is 32.6. The smallest absolute Gasteiger partial charge is 0.338 e. The van der Waals surface area contributed by atoms with Crippen LogP contribution in [0.25, 0.3) is 0 Å². The number of ether oxygens (including phenoxy) is 2. The Morgan fingerprint density at radius 3 is 2.58 bits per heavy atom. The van der Waals surface area contributed by atoms with Gasteiger partial charge in [-0.05, 0) is 31.5 Å². The molecule has 1 rings (SSSR count). The first-order valence-electron chi connectivity index (χ1n) is 5.51. The van der Waals surface area contributed by atoms with Gasteiger partial charge in [-0.1, -0.05) is 6.07 Å². The first-order chi connectivity index (χ1) is 8.75. The Morgan fingerprint density at radius 2 is 2.05 bits per heavy atom. The molecule has 5 nitrogen and oxygen atoms in total. The molecule has 0 aliphatic carbocycles. The Hall–Kier alpha value is -1.11. The summed E-state index contributed by atoms with van der Waals surface area (Å²) in [6, 6.07) is 4.20. The molecular weight excluding hydrogens is 292 g/mol. The fraction of sp³-hybridized carbons (Fsp3) is 0.417. The highest BCUT2D eigenvalue weighted by molar-refractivity contribution is 8.13. The molecule has 0 N–H and O–H groups in total. The molecule has 0 aromatic heterocycles. The minimum absolute atomic E-state index is 0.0944. The molecule has 0 amide bonds. The molecular formula is C12H15ClO5S. The molecule has 1 aromatic rings. The molecule has 0 saturated heterocycles. The minimum Gasteiger partial charge on any atom is -0.457 e. The SMILES string of the molecule is COCC(C)OC(=O)c1ccc(C)c(S(=O)(=O)Cl)c1. The third kappa shape index (κ3) is 4.49. The fourth-order valence-corrected chi connectivity index (χ4v) is 2.73. The molecule has 0 fully saturated rings. The van der Waals surface area contributed by atoms with Crippen LogP contribution in [0.1, 0.15) is 22.8 Å². The molecule has 0 spiro atoms. The number of hydrogen-bond donors (Lipinski definition) is 0. The molecule has 19 heavy (non-hydrogen) atoms. The normalized spacial score (nSPS) is 13.1. The summed E-state index contributed by atoms with van der Waals surface area (Å²) in [6.07, 6.45) is -0.421. The van der Waals surface area contributed by atoms with Crippen LogP contribution in [0.4, 0.5) is 0 Å². The van der Waals surface area contributed by atoms with E-state index in [2.05, 4.69) is 0 Å². The van der Waals surface area contributed by atoms with Crippen molar-refractivity contribution in [2.75, 3.05) is 13.7 Å². The van der Waals surface area contributed by atoms with E-state index >= 15 is 0 Å². The average Bonchev–Trinajstić information content (AvgIpc) is 2.27. The quantitative estimate of drug-likeness (QED) is 0.615. The molecule has 1 atom stereocenters. The molecule has 7 heteroatoms. The third-order valence-corrected chi connectivity index (χ3v) is 3.86. The van der Waals surface area contributed by atoms with Gasteiger partial charge in [0, 0.05) is 17.8 Å².